The molecule has 30 heavy (non-hydrogen) atoms. The zero-order chi connectivity index (χ0) is 21.6. The van der Waals surface area contributed by atoms with Gasteiger partial charge in [0.05, 0.1) is 4.90 Å². The molecule has 0 bridgehead atoms. The van der Waals surface area contributed by atoms with Gasteiger partial charge in [0.1, 0.15) is 0 Å². The third-order valence-electron chi connectivity index (χ3n) is 4.64. The zero-order valence-electron chi connectivity index (χ0n) is 16.9. The van der Waals surface area contributed by atoms with Gasteiger partial charge in [-0.2, -0.15) is 4.31 Å². The third kappa shape index (κ3) is 5.30. The molecule has 0 aliphatic rings. The average Bonchev–Trinajstić information content (AvgIpc) is 2.78. The second-order valence-electron chi connectivity index (χ2n) is 6.63. The Morgan fingerprint density at radius 2 is 1.67 bits per heavy atom. The minimum Gasteiger partial charge on any atom is -0.322 e. The van der Waals surface area contributed by atoms with Crippen LogP contribution in [0.3, 0.4) is 0 Å². The summed E-state index contributed by atoms with van der Waals surface area (Å²) in [6, 6.07) is 23.1. The van der Waals surface area contributed by atoms with Crippen molar-refractivity contribution in [3.63, 3.8) is 0 Å². The molecule has 0 saturated carbocycles. The van der Waals surface area contributed by atoms with Crippen LogP contribution in [0.2, 0.25) is 0 Å². The molecule has 3 aromatic rings. The molecule has 3 aromatic carbocycles. The van der Waals surface area contributed by atoms with Gasteiger partial charge in [0.15, 0.2) is 0 Å². The van der Waals surface area contributed by atoms with Crippen molar-refractivity contribution in [2.24, 2.45) is 0 Å². The summed E-state index contributed by atoms with van der Waals surface area (Å²) < 4.78 is 27.1. The van der Waals surface area contributed by atoms with E-state index in [0.29, 0.717) is 12.1 Å². The second-order valence-corrected chi connectivity index (χ2v) is 9.44. The number of rotatable bonds is 8. The molecular weight excluding hydrogens is 416 g/mol. The van der Waals surface area contributed by atoms with Crippen molar-refractivity contribution in [1.29, 1.82) is 0 Å². The maximum atomic E-state index is 12.9. The fraction of sp³-hybridized carbons (Fsp3) is 0.174. The summed E-state index contributed by atoms with van der Waals surface area (Å²) in [5.41, 5.74) is 2.07. The van der Waals surface area contributed by atoms with E-state index in [1.54, 1.807) is 66.4 Å². The van der Waals surface area contributed by atoms with Crippen LogP contribution < -0.4 is 5.32 Å². The van der Waals surface area contributed by atoms with Crippen molar-refractivity contribution in [3.05, 3.63) is 90.0 Å². The summed E-state index contributed by atoms with van der Waals surface area (Å²) >= 11 is 1.61. The Hall–Kier alpha value is -2.61. The Labute approximate surface area is 182 Å². The van der Waals surface area contributed by atoms with Crippen LogP contribution in [0.4, 0.5) is 5.69 Å². The van der Waals surface area contributed by atoms with E-state index in [1.165, 1.54) is 4.31 Å². The molecule has 0 aromatic heterocycles. The third-order valence-corrected chi connectivity index (χ3v) is 7.30. The summed E-state index contributed by atoms with van der Waals surface area (Å²) in [4.78, 5) is 13.9. The Kier molecular flexibility index (Phi) is 7.31. The summed E-state index contributed by atoms with van der Waals surface area (Å²) in [6.45, 7) is 2.40. The van der Waals surface area contributed by atoms with E-state index >= 15 is 0 Å². The molecule has 0 fully saturated rings. The van der Waals surface area contributed by atoms with E-state index in [0.717, 1.165) is 16.1 Å². The van der Waals surface area contributed by atoms with Gasteiger partial charge in [-0.25, -0.2) is 8.42 Å². The fourth-order valence-electron chi connectivity index (χ4n) is 2.98. The first kappa shape index (κ1) is 22.1. The van der Waals surface area contributed by atoms with Gasteiger partial charge in [0.2, 0.25) is 10.0 Å². The molecular formula is C23H24N2O3S2. The number of nitrogens with zero attached hydrogens (tertiary/aromatic N) is 1. The van der Waals surface area contributed by atoms with Crippen molar-refractivity contribution < 1.29 is 13.2 Å². The monoisotopic (exact) mass is 440 g/mol. The zero-order valence-corrected chi connectivity index (χ0v) is 18.5. The molecule has 0 heterocycles. The van der Waals surface area contributed by atoms with Crippen LogP contribution >= 0.6 is 11.8 Å². The number of nitrogens with one attached hydrogen (secondary N) is 1. The first-order valence-corrected chi connectivity index (χ1v) is 12.2. The first-order valence-electron chi connectivity index (χ1n) is 9.53. The van der Waals surface area contributed by atoms with E-state index in [9.17, 15) is 13.2 Å². The van der Waals surface area contributed by atoms with Crippen molar-refractivity contribution in [3.8, 4) is 0 Å². The standard InChI is InChI=1S/C23H24N2O3S2/c1-3-25(30(27,28)22-10-5-4-6-11-22)17-18-12-14-19(15-13-18)23(26)24-20-8-7-9-21(16-20)29-2/h4-16H,3,17H2,1-2H3,(H,24,26). The Balaban J connectivity index is 1.71. The Morgan fingerprint density at radius 1 is 0.967 bits per heavy atom. The quantitative estimate of drug-likeness (QED) is 0.508. The maximum Gasteiger partial charge on any atom is 0.255 e. The molecule has 1 amide bonds. The van der Waals surface area contributed by atoms with E-state index in [-0.39, 0.29) is 17.3 Å². The number of hydrogen-bond donors (Lipinski definition) is 1. The van der Waals surface area contributed by atoms with E-state index in [4.69, 9.17) is 0 Å². The van der Waals surface area contributed by atoms with Crippen LogP contribution in [0.1, 0.15) is 22.8 Å². The number of sulfonamides is 1. The fourth-order valence-corrected chi connectivity index (χ4v) is 4.90. The highest BCUT2D eigenvalue weighted by Crippen LogP contribution is 2.21. The smallest absolute Gasteiger partial charge is 0.255 e. The molecule has 5 nitrogen and oxygen atoms in total. The number of carbonyl (C=O) groups is 1. The molecule has 0 spiro atoms. The predicted octanol–water partition coefficient (Wildman–Crippen LogP) is 4.87. The van der Waals surface area contributed by atoms with Crippen molar-refractivity contribution in [2.45, 2.75) is 23.3 Å². The van der Waals surface area contributed by atoms with E-state index < -0.39 is 10.0 Å². The van der Waals surface area contributed by atoms with Gasteiger partial charge in [-0.3, -0.25) is 4.79 Å². The number of amides is 1. The van der Waals surface area contributed by atoms with Gasteiger partial charge < -0.3 is 5.32 Å². The topological polar surface area (TPSA) is 66.5 Å². The predicted molar refractivity (Wildman–Crippen MR) is 122 cm³/mol. The van der Waals surface area contributed by atoms with Gasteiger partial charge >= 0.3 is 0 Å². The second kappa shape index (κ2) is 9.93. The minimum absolute atomic E-state index is 0.205. The number of carbonyl (C=O) groups excluding carboxylic acids is 1. The van der Waals surface area contributed by atoms with Gasteiger partial charge in [0, 0.05) is 29.2 Å². The normalized spacial score (nSPS) is 11.4. The summed E-state index contributed by atoms with van der Waals surface area (Å²) in [5.74, 6) is -0.205. The number of thioether (sulfide) groups is 1. The lowest BCUT2D eigenvalue weighted by atomic mass is 10.1. The van der Waals surface area contributed by atoms with E-state index in [2.05, 4.69) is 5.32 Å². The summed E-state index contributed by atoms with van der Waals surface area (Å²) in [7, 11) is -3.57. The SMILES string of the molecule is CCN(Cc1ccc(C(=O)Nc2cccc(SC)c2)cc1)S(=O)(=O)c1ccccc1. The molecule has 156 valence electrons. The van der Waals surface area contributed by atoms with E-state index in [1.807, 2.05) is 37.4 Å². The molecule has 0 radical (unpaired) electrons. The van der Waals surface area contributed by atoms with Crippen LogP contribution in [0, 0.1) is 0 Å². The van der Waals surface area contributed by atoms with Crippen LogP contribution in [-0.2, 0) is 16.6 Å². The number of anilines is 1. The lowest BCUT2D eigenvalue weighted by Gasteiger charge is -2.20. The van der Waals surface area contributed by atoms with Crippen molar-refractivity contribution in [1.82, 2.24) is 4.31 Å². The summed E-state index contributed by atoms with van der Waals surface area (Å²) in [6.07, 6.45) is 1.98. The van der Waals surface area contributed by atoms with Crippen LogP contribution in [0.5, 0.6) is 0 Å². The van der Waals surface area contributed by atoms with Crippen LogP contribution in [0.15, 0.2) is 88.7 Å². The van der Waals surface area contributed by atoms with Gasteiger partial charge in [-0.15, -0.1) is 11.8 Å². The van der Waals surface area contributed by atoms with Gasteiger partial charge in [0.25, 0.3) is 5.91 Å². The maximum absolute atomic E-state index is 12.9. The lowest BCUT2D eigenvalue weighted by molar-refractivity contribution is 0.102. The Bertz CT molecular complexity index is 1100. The molecule has 3 rings (SSSR count). The molecule has 0 aliphatic heterocycles. The molecule has 0 aliphatic carbocycles. The van der Waals surface area contributed by atoms with Crippen LogP contribution in [-0.4, -0.2) is 31.4 Å². The van der Waals surface area contributed by atoms with Crippen molar-refractivity contribution in [2.75, 3.05) is 18.1 Å². The largest absolute Gasteiger partial charge is 0.322 e. The number of benzene rings is 3. The van der Waals surface area contributed by atoms with Crippen molar-refractivity contribution >= 4 is 33.4 Å². The molecule has 1 N–H and O–H groups in total. The van der Waals surface area contributed by atoms with Crippen LogP contribution in [0.25, 0.3) is 0 Å². The average molecular weight is 441 g/mol. The first-order chi connectivity index (χ1) is 14.4. The lowest BCUT2D eigenvalue weighted by Crippen LogP contribution is -2.30. The summed E-state index contributed by atoms with van der Waals surface area (Å²) in [5, 5.41) is 2.89. The highest BCUT2D eigenvalue weighted by molar-refractivity contribution is 7.98. The highest BCUT2D eigenvalue weighted by Gasteiger charge is 2.22. The highest BCUT2D eigenvalue weighted by atomic mass is 32.2. The molecule has 0 unspecified atom stereocenters. The van der Waals surface area contributed by atoms with Gasteiger partial charge in [-0.1, -0.05) is 43.3 Å². The Morgan fingerprint density at radius 3 is 2.30 bits per heavy atom. The molecule has 7 heteroatoms. The molecule has 0 atom stereocenters. The minimum atomic E-state index is -3.57. The van der Waals surface area contributed by atoms with Gasteiger partial charge in [-0.05, 0) is 54.3 Å². The number of hydrogen-bond acceptors (Lipinski definition) is 4. The molecule has 0 saturated heterocycles.